The Kier molecular flexibility index (Phi) is 4.62. The van der Waals surface area contributed by atoms with E-state index >= 15 is 0 Å². The van der Waals surface area contributed by atoms with Crippen LogP contribution < -0.4 is 5.73 Å². The SMILES string of the molecule is NCCCc1cn(Cc2cccc(C(F)(F)F)c2)c2ccccc12. The third-order valence-electron chi connectivity index (χ3n) is 4.13. The van der Waals surface area contributed by atoms with E-state index in [0.29, 0.717) is 18.7 Å². The van der Waals surface area contributed by atoms with Gasteiger partial charge in [0.15, 0.2) is 0 Å². The fourth-order valence-electron chi connectivity index (χ4n) is 2.99. The predicted molar refractivity (Wildman–Crippen MR) is 89.9 cm³/mol. The second-order valence-corrected chi connectivity index (χ2v) is 5.89. The van der Waals surface area contributed by atoms with Crippen LogP contribution in [0, 0.1) is 0 Å². The zero-order valence-electron chi connectivity index (χ0n) is 13.2. The van der Waals surface area contributed by atoms with Crippen molar-refractivity contribution in [3.8, 4) is 0 Å². The minimum absolute atomic E-state index is 0.410. The molecule has 2 N–H and O–H groups in total. The van der Waals surface area contributed by atoms with Gasteiger partial charge in [-0.05, 0) is 48.7 Å². The van der Waals surface area contributed by atoms with Gasteiger partial charge in [-0.15, -0.1) is 0 Å². The quantitative estimate of drug-likeness (QED) is 0.727. The van der Waals surface area contributed by atoms with Gasteiger partial charge in [0.2, 0.25) is 0 Å². The number of halogens is 3. The lowest BCUT2D eigenvalue weighted by Gasteiger charge is -2.10. The minimum atomic E-state index is -4.32. The van der Waals surface area contributed by atoms with Crippen molar-refractivity contribution in [3.63, 3.8) is 0 Å². The molecule has 3 rings (SSSR count). The number of alkyl halides is 3. The number of benzene rings is 2. The Morgan fingerprint density at radius 3 is 2.54 bits per heavy atom. The van der Waals surface area contributed by atoms with Crippen molar-refractivity contribution in [1.29, 1.82) is 0 Å². The molecule has 2 nitrogen and oxygen atoms in total. The smallest absolute Gasteiger partial charge is 0.343 e. The lowest BCUT2D eigenvalue weighted by molar-refractivity contribution is -0.137. The average Bonchev–Trinajstić information content (AvgIpc) is 2.90. The largest absolute Gasteiger partial charge is 0.416 e. The Balaban J connectivity index is 1.96. The summed E-state index contributed by atoms with van der Waals surface area (Å²) in [5.41, 5.74) is 7.83. The second kappa shape index (κ2) is 6.69. The number of nitrogens with zero attached hydrogens (tertiary/aromatic N) is 1. The van der Waals surface area contributed by atoms with E-state index in [4.69, 9.17) is 5.73 Å². The Bertz CT molecular complexity index is 834. The highest BCUT2D eigenvalue weighted by molar-refractivity contribution is 5.84. The summed E-state index contributed by atoms with van der Waals surface area (Å²) in [4.78, 5) is 0. The number of fused-ring (bicyclic) bond motifs is 1. The number of hydrogen-bond donors (Lipinski definition) is 1. The molecular formula is C19H19F3N2. The van der Waals surface area contributed by atoms with Gasteiger partial charge in [-0.25, -0.2) is 0 Å². The molecule has 0 unspecified atom stereocenters. The number of rotatable bonds is 5. The van der Waals surface area contributed by atoms with Crippen molar-refractivity contribution < 1.29 is 13.2 Å². The highest BCUT2D eigenvalue weighted by Crippen LogP contribution is 2.30. The number of hydrogen-bond acceptors (Lipinski definition) is 1. The molecule has 0 radical (unpaired) electrons. The lowest BCUT2D eigenvalue weighted by Crippen LogP contribution is -2.06. The van der Waals surface area contributed by atoms with Crippen molar-refractivity contribution in [2.75, 3.05) is 6.54 Å². The maximum atomic E-state index is 12.9. The van der Waals surface area contributed by atoms with Gasteiger partial charge >= 0.3 is 6.18 Å². The molecule has 1 aromatic heterocycles. The molecule has 0 aliphatic carbocycles. The van der Waals surface area contributed by atoms with E-state index in [-0.39, 0.29) is 0 Å². The number of nitrogens with two attached hydrogens (primary N) is 1. The maximum Gasteiger partial charge on any atom is 0.416 e. The average molecular weight is 332 g/mol. The first-order chi connectivity index (χ1) is 11.5. The molecule has 24 heavy (non-hydrogen) atoms. The van der Waals surface area contributed by atoms with Gasteiger partial charge in [-0.3, -0.25) is 0 Å². The fourth-order valence-corrected chi connectivity index (χ4v) is 2.99. The molecule has 3 aromatic rings. The molecule has 0 saturated carbocycles. The van der Waals surface area contributed by atoms with Crippen molar-refractivity contribution in [2.24, 2.45) is 5.73 Å². The van der Waals surface area contributed by atoms with Crippen LogP contribution in [0.15, 0.2) is 54.7 Å². The van der Waals surface area contributed by atoms with Crippen LogP contribution in [0.5, 0.6) is 0 Å². The molecule has 5 heteroatoms. The Morgan fingerprint density at radius 1 is 1.00 bits per heavy atom. The van der Waals surface area contributed by atoms with Gasteiger partial charge < -0.3 is 10.3 Å². The summed E-state index contributed by atoms with van der Waals surface area (Å²) in [5.74, 6) is 0. The predicted octanol–water partition coefficient (Wildman–Crippen LogP) is 4.60. The van der Waals surface area contributed by atoms with Gasteiger partial charge in [0.1, 0.15) is 0 Å². The molecule has 0 aliphatic rings. The van der Waals surface area contributed by atoms with Crippen LogP contribution in [0.2, 0.25) is 0 Å². The highest BCUT2D eigenvalue weighted by atomic mass is 19.4. The third-order valence-corrected chi connectivity index (χ3v) is 4.13. The molecule has 0 atom stereocenters. The molecule has 0 fully saturated rings. The highest BCUT2D eigenvalue weighted by Gasteiger charge is 2.30. The Labute approximate surface area is 138 Å². The van der Waals surface area contributed by atoms with Gasteiger partial charge in [0.05, 0.1) is 5.56 Å². The molecule has 1 heterocycles. The number of para-hydroxylation sites is 1. The molecule has 0 spiro atoms. The van der Waals surface area contributed by atoms with Gasteiger partial charge in [0.25, 0.3) is 0 Å². The van der Waals surface area contributed by atoms with E-state index in [0.717, 1.165) is 29.8 Å². The van der Waals surface area contributed by atoms with E-state index in [1.807, 2.05) is 35.0 Å². The van der Waals surface area contributed by atoms with E-state index < -0.39 is 11.7 Å². The first kappa shape index (κ1) is 16.6. The van der Waals surface area contributed by atoms with Crippen molar-refractivity contribution in [3.05, 3.63) is 71.4 Å². The summed E-state index contributed by atoms with van der Waals surface area (Å²) in [7, 11) is 0. The molecule has 0 aliphatic heterocycles. The topological polar surface area (TPSA) is 30.9 Å². The van der Waals surface area contributed by atoms with Crippen LogP contribution in [-0.4, -0.2) is 11.1 Å². The van der Waals surface area contributed by atoms with Gasteiger partial charge in [-0.1, -0.05) is 30.3 Å². The molecule has 0 saturated heterocycles. The van der Waals surface area contributed by atoms with Gasteiger partial charge in [-0.2, -0.15) is 13.2 Å². The van der Waals surface area contributed by atoms with Crippen LogP contribution in [-0.2, 0) is 19.1 Å². The zero-order valence-corrected chi connectivity index (χ0v) is 13.2. The van der Waals surface area contributed by atoms with E-state index in [9.17, 15) is 13.2 Å². The summed E-state index contributed by atoms with van der Waals surface area (Å²) < 4.78 is 40.7. The van der Waals surface area contributed by atoms with Crippen LogP contribution >= 0.6 is 0 Å². The summed E-state index contributed by atoms with van der Waals surface area (Å²) in [5, 5.41) is 1.14. The Hall–Kier alpha value is -2.27. The second-order valence-electron chi connectivity index (χ2n) is 5.89. The van der Waals surface area contributed by atoms with E-state index in [1.54, 1.807) is 6.07 Å². The van der Waals surface area contributed by atoms with Gasteiger partial charge in [0, 0.05) is 23.6 Å². The fraction of sp³-hybridized carbons (Fsp3) is 0.263. The summed E-state index contributed by atoms with van der Waals surface area (Å²) in [6.07, 6.45) is -0.536. The van der Waals surface area contributed by atoms with Crippen molar-refractivity contribution in [2.45, 2.75) is 25.6 Å². The first-order valence-corrected chi connectivity index (χ1v) is 7.92. The standard InChI is InChI=1S/C19H19F3N2/c20-19(21,22)16-7-3-5-14(11-16)12-24-13-15(6-4-10-23)17-8-1-2-9-18(17)24/h1-3,5,7-9,11,13H,4,6,10,12,23H2. The molecule has 2 aromatic carbocycles. The molecule has 0 bridgehead atoms. The van der Waals surface area contributed by atoms with Crippen molar-refractivity contribution in [1.82, 2.24) is 4.57 Å². The molecular weight excluding hydrogens is 313 g/mol. The van der Waals surface area contributed by atoms with Crippen LogP contribution in [0.1, 0.15) is 23.1 Å². The Morgan fingerprint density at radius 2 is 1.79 bits per heavy atom. The number of aromatic nitrogens is 1. The van der Waals surface area contributed by atoms with Crippen molar-refractivity contribution >= 4 is 10.9 Å². The summed E-state index contributed by atoms with van der Waals surface area (Å²) in [6, 6.07) is 13.5. The first-order valence-electron chi connectivity index (χ1n) is 7.92. The monoisotopic (exact) mass is 332 g/mol. The normalized spacial score (nSPS) is 12.0. The van der Waals surface area contributed by atoms with Crippen LogP contribution in [0.3, 0.4) is 0 Å². The lowest BCUT2D eigenvalue weighted by atomic mass is 10.1. The molecule has 0 amide bonds. The van der Waals surface area contributed by atoms with Crippen LogP contribution in [0.4, 0.5) is 13.2 Å². The third kappa shape index (κ3) is 3.46. The van der Waals surface area contributed by atoms with Crippen LogP contribution in [0.25, 0.3) is 10.9 Å². The summed E-state index contributed by atoms with van der Waals surface area (Å²) >= 11 is 0. The van der Waals surface area contributed by atoms with E-state index in [2.05, 4.69) is 0 Å². The summed E-state index contributed by atoms with van der Waals surface area (Å²) in [6.45, 7) is 1.03. The minimum Gasteiger partial charge on any atom is -0.343 e. The van der Waals surface area contributed by atoms with E-state index in [1.165, 1.54) is 17.7 Å². The zero-order chi connectivity index (χ0) is 17.2. The number of aryl methyl sites for hydroxylation is 1. The maximum absolute atomic E-state index is 12.9. The molecule has 126 valence electrons.